The molecule has 0 aromatic heterocycles. The lowest BCUT2D eigenvalue weighted by Gasteiger charge is -2.48. The second-order valence-corrected chi connectivity index (χ2v) is 9.21. The number of anilines is 1. The van der Waals surface area contributed by atoms with E-state index in [0.29, 0.717) is 43.3 Å². The van der Waals surface area contributed by atoms with Gasteiger partial charge in [0.15, 0.2) is 0 Å². The Labute approximate surface area is 209 Å². The molecule has 2 amide bonds. The van der Waals surface area contributed by atoms with E-state index in [0.717, 1.165) is 18.7 Å². The van der Waals surface area contributed by atoms with Gasteiger partial charge >= 0.3 is 0 Å². The summed E-state index contributed by atoms with van der Waals surface area (Å²) in [6.07, 6.45) is 0. The highest BCUT2D eigenvalue weighted by Gasteiger charge is 2.37. The van der Waals surface area contributed by atoms with Crippen LogP contribution in [0.2, 0.25) is 0 Å². The summed E-state index contributed by atoms with van der Waals surface area (Å²) in [7, 11) is 0. The molecule has 1 N–H and O–H groups in total. The van der Waals surface area contributed by atoms with Crippen molar-refractivity contribution < 1.29 is 18.4 Å². The second kappa shape index (κ2) is 10.5. The van der Waals surface area contributed by atoms with Gasteiger partial charge < -0.3 is 15.1 Å². The number of carbonyl (C=O) groups is 2. The number of amides is 2. The summed E-state index contributed by atoms with van der Waals surface area (Å²) in [6, 6.07) is 20.5. The molecule has 3 aromatic rings. The van der Waals surface area contributed by atoms with Crippen molar-refractivity contribution in [2.75, 3.05) is 44.6 Å². The number of carbonyl (C=O) groups excluding carboxylic acids is 2. The first-order valence-corrected chi connectivity index (χ1v) is 12.1. The highest BCUT2D eigenvalue weighted by atomic mass is 19.1. The van der Waals surface area contributed by atoms with Gasteiger partial charge in [0, 0.05) is 63.0 Å². The number of halogens is 2. The van der Waals surface area contributed by atoms with Gasteiger partial charge in [0.25, 0.3) is 11.8 Å². The Balaban J connectivity index is 1.08. The van der Waals surface area contributed by atoms with E-state index in [-0.39, 0.29) is 24.0 Å². The van der Waals surface area contributed by atoms with Crippen molar-refractivity contribution in [3.8, 4) is 0 Å². The molecule has 0 unspecified atom stereocenters. The van der Waals surface area contributed by atoms with Crippen molar-refractivity contribution in [1.82, 2.24) is 14.7 Å². The van der Waals surface area contributed by atoms with Gasteiger partial charge in [-0.1, -0.05) is 36.4 Å². The van der Waals surface area contributed by atoms with Crippen LogP contribution in [-0.4, -0.2) is 71.8 Å². The third kappa shape index (κ3) is 5.09. The highest BCUT2D eigenvalue weighted by molar-refractivity contribution is 5.95. The molecule has 5 rings (SSSR count). The summed E-state index contributed by atoms with van der Waals surface area (Å²) >= 11 is 0. The lowest BCUT2D eigenvalue weighted by atomic mass is 10.0. The molecule has 2 saturated heterocycles. The van der Waals surface area contributed by atoms with Crippen LogP contribution in [0.15, 0.2) is 72.8 Å². The van der Waals surface area contributed by atoms with Crippen LogP contribution in [0.4, 0.5) is 14.5 Å². The summed E-state index contributed by atoms with van der Waals surface area (Å²) in [6.45, 7) is 4.56. The molecule has 3 aromatic carbocycles. The minimum Gasteiger partial charge on any atom is -0.376 e. The molecule has 6 nitrogen and oxygen atoms in total. The maximum absolute atomic E-state index is 13.8. The van der Waals surface area contributed by atoms with E-state index in [1.165, 1.54) is 18.2 Å². The van der Waals surface area contributed by atoms with E-state index < -0.39 is 11.6 Å². The Morgan fingerprint density at radius 3 is 1.94 bits per heavy atom. The number of hydrogen-bond donors (Lipinski definition) is 1. The zero-order valence-corrected chi connectivity index (χ0v) is 19.9. The molecular formula is C28H28F2N4O2. The molecule has 36 heavy (non-hydrogen) atoms. The zero-order valence-electron chi connectivity index (χ0n) is 19.9. The molecule has 2 fully saturated rings. The summed E-state index contributed by atoms with van der Waals surface area (Å²) in [5.74, 6) is -1.24. The molecule has 2 heterocycles. The number of hydrogen-bond acceptors (Lipinski definition) is 4. The van der Waals surface area contributed by atoms with Crippen LogP contribution in [0, 0.1) is 11.6 Å². The van der Waals surface area contributed by atoms with Crippen molar-refractivity contribution in [2.24, 2.45) is 0 Å². The summed E-state index contributed by atoms with van der Waals surface area (Å²) in [5.41, 5.74) is 1.97. The Bertz CT molecular complexity index is 1200. The van der Waals surface area contributed by atoms with Crippen LogP contribution in [0.5, 0.6) is 0 Å². The standard InChI is InChI=1S/C28H28F2N4O2/c29-24-7-4-8-25(30)26(24)31-17-20-9-11-22(12-10-20)28(36)34-18-23(19-34)32-13-15-33(16-14-32)27(35)21-5-2-1-3-6-21/h1-12,23,31H,13-19H2. The van der Waals surface area contributed by atoms with Crippen LogP contribution in [-0.2, 0) is 6.54 Å². The fourth-order valence-corrected chi connectivity index (χ4v) is 4.71. The quantitative estimate of drug-likeness (QED) is 0.570. The van der Waals surface area contributed by atoms with Gasteiger partial charge in [-0.15, -0.1) is 0 Å². The summed E-state index contributed by atoms with van der Waals surface area (Å²) < 4.78 is 27.6. The second-order valence-electron chi connectivity index (χ2n) is 9.21. The predicted octanol–water partition coefficient (Wildman–Crippen LogP) is 3.86. The largest absolute Gasteiger partial charge is 0.376 e. The third-order valence-electron chi connectivity index (χ3n) is 6.92. The third-order valence-corrected chi connectivity index (χ3v) is 6.92. The van der Waals surface area contributed by atoms with Crippen molar-refractivity contribution >= 4 is 17.5 Å². The van der Waals surface area contributed by atoms with Gasteiger partial charge in [0.1, 0.15) is 17.3 Å². The average Bonchev–Trinajstić information content (AvgIpc) is 2.88. The minimum atomic E-state index is -0.640. The Morgan fingerprint density at radius 2 is 1.31 bits per heavy atom. The van der Waals surface area contributed by atoms with Gasteiger partial charge in [0.05, 0.1) is 0 Å². The van der Waals surface area contributed by atoms with Crippen LogP contribution < -0.4 is 5.32 Å². The predicted molar refractivity (Wildman–Crippen MR) is 134 cm³/mol. The fourth-order valence-electron chi connectivity index (χ4n) is 4.71. The molecule has 0 spiro atoms. The van der Waals surface area contributed by atoms with Gasteiger partial charge in [-0.3, -0.25) is 14.5 Å². The fraction of sp³-hybridized carbons (Fsp3) is 0.286. The average molecular weight is 491 g/mol. The van der Waals surface area contributed by atoms with E-state index >= 15 is 0 Å². The topological polar surface area (TPSA) is 55.9 Å². The highest BCUT2D eigenvalue weighted by Crippen LogP contribution is 2.22. The molecule has 0 saturated carbocycles. The SMILES string of the molecule is O=C(c1ccccc1)N1CCN(C2CN(C(=O)c3ccc(CNc4c(F)cccc4F)cc3)C2)CC1. The van der Waals surface area contributed by atoms with E-state index in [4.69, 9.17) is 0 Å². The Hall–Kier alpha value is -3.78. The van der Waals surface area contributed by atoms with Gasteiger partial charge in [-0.2, -0.15) is 0 Å². The van der Waals surface area contributed by atoms with Gasteiger partial charge in [0.2, 0.25) is 0 Å². The Morgan fingerprint density at radius 1 is 0.722 bits per heavy atom. The summed E-state index contributed by atoms with van der Waals surface area (Å²) in [5, 5.41) is 2.78. The number of piperazine rings is 1. The van der Waals surface area contributed by atoms with Crippen molar-refractivity contribution in [3.63, 3.8) is 0 Å². The lowest BCUT2D eigenvalue weighted by Crippen LogP contribution is -2.64. The number of para-hydroxylation sites is 1. The molecule has 2 aliphatic rings. The van der Waals surface area contributed by atoms with Crippen LogP contribution in [0.25, 0.3) is 0 Å². The van der Waals surface area contributed by atoms with Crippen LogP contribution >= 0.6 is 0 Å². The van der Waals surface area contributed by atoms with Crippen LogP contribution in [0.3, 0.4) is 0 Å². The number of benzene rings is 3. The molecule has 0 radical (unpaired) electrons. The zero-order chi connectivity index (χ0) is 25.1. The maximum Gasteiger partial charge on any atom is 0.253 e. The molecule has 0 atom stereocenters. The number of nitrogens with zero attached hydrogens (tertiary/aromatic N) is 3. The van der Waals surface area contributed by atoms with E-state index in [2.05, 4.69) is 10.2 Å². The maximum atomic E-state index is 13.8. The van der Waals surface area contributed by atoms with Gasteiger partial charge in [-0.25, -0.2) is 8.78 Å². The molecule has 2 aliphatic heterocycles. The number of rotatable bonds is 6. The molecule has 0 bridgehead atoms. The van der Waals surface area contributed by atoms with Crippen molar-refractivity contribution in [1.29, 1.82) is 0 Å². The normalized spacial score (nSPS) is 16.5. The molecular weight excluding hydrogens is 462 g/mol. The van der Waals surface area contributed by atoms with Crippen molar-refractivity contribution in [3.05, 3.63) is 101 Å². The van der Waals surface area contributed by atoms with E-state index in [1.54, 1.807) is 24.3 Å². The minimum absolute atomic E-state index is 0.0243. The van der Waals surface area contributed by atoms with E-state index in [9.17, 15) is 18.4 Å². The molecule has 8 heteroatoms. The molecule has 0 aliphatic carbocycles. The van der Waals surface area contributed by atoms with Crippen molar-refractivity contribution in [2.45, 2.75) is 12.6 Å². The number of likely N-dealkylation sites (tertiary alicyclic amines) is 1. The monoisotopic (exact) mass is 490 g/mol. The lowest BCUT2D eigenvalue weighted by molar-refractivity contribution is 0.00854. The smallest absolute Gasteiger partial charge is 0.253 e. The van der Waals surface area contributed by atoms with E-state index in [1.807, 2.05) is 40.1 Å². The summed E-state index contributed by atoms with van der Waals surface area (Å²) in [4.78, 5) is 31.6. The number of nitrogens with one attached hydrogen (secondary N) is 1. The van der Waals surface area contributed by atoms with Gasteiger partial charge in [-0.05, 0) is 42.0 Å². The molecule has 186 valence electrons. The first kappa shape index (κ1) is 23.9. The van der Waals surface area contributed by atoms with Crippen LogP contribution in [0.1, 0.15) is 26.3 Å². The first-order valence-electron chi connectivity index (χ1n) is 12.1. The first-order chi connectivity index (χ1) is 17.5. The Kier molecular flexibility index (Phi) is 6.95.